The van der Waals surface area contributed by atoms with Gasteiger partial charge in [-0.05, 0) is 13.3 Å². The summed E-state index contributed by atoms with van der Waals surface area (Å²) in [6, 6.07) is -0.835. The van der Waals surface area contributed by atoms with Crippen LogP contribution in [0.3, 0.4) is 0 Å². The van der Waals surface area contributed by atoms with Crippen molar-refractivity contribution in [3.8, 4) is 0 Å². The predicted molar refractivity (Wildman–Crippen MR) is 44.2 cm³/mol. The van der Waals surface area contributed by atoms with Gasteiger partial charge < -0.3 is 10.8 Å². The van der Waals surface area contributed by atoms with Crippen molar-refractivity contribution in [3.63, 3.8) is 0 Å². The predicted octanol–water partition coefficient (Wildman–Crippen LogP) is 0.921. The topological polar surface area (TPSA) is 63.3 Å². The lowest BCUT2D eigenvalue weighted by Crippen LogP contribution is -2.30. The van der Waals surface area contributed by atoms with E-state index in [0.29, 0.717) is 6.42 Å². The standard InChI is InChI=1S/C8H13NO2/c1-3-4-6(2)5-7(9)8(10)11/h3-4,7H,2,5,9H2,1H3,(H,10,11)/b4-3-/t7-/m0/s1. The van der Waals surface area contributed by atoms with Crippen LogP contribution in [0.25, 0.3) is 0 Å². The monoisotopic (exact) mass is 155 g/mol. The van der Waals surface area contributed by atoms with E-state index in [-0.39, 0.29) is 0 Å². The normalized spacial score (nSPS) is 13.3. The molecule has 0 aromatic heterocycles. The highest BCUT2D eigenvalue weighted by molar-refractivity contribution is 5.73. The van der Waals surface area contributed by atoms with Crippen LogP contribution >= 0.6 is 0 Å². The fourth-order valence-electron chi connectivity index (χ4n) is 0.674. The Bertz CT molecular complexity index is 185. The molecule has 11 heavy (non-hydrogen) atoms. The van der Waals surface area contributed by atoms with E-state index in [1.165, 1.54) is 0 Å². The number of hydrogen-bond acceptors (Lipinski definition) is 2. The van der Waals surface area contributed by atoms with E-state index in [1.54, 1.807) is 12.2 Å². The second-order valence-corrected chi connectivity index (χ2v) is 2.31. The number of aliphatic carboxylic acids is 1. The Balaban J connectivity index is 3.85. The number of hydrogen-bond donors (Lipinski definition) is 2. The Labute approximate surface area is 66.2 Å². The van der Waals surface area contributed by atoms with Crippen LogP contribution in [0, 0.1) is 0 Å². The van der Waals surface area contributed by atoms with Crippen molar-refractivity contribution in [2.24, 2.45) is 5.73 Å². The summed E-state index contributed by atoms with van der Waals surface area (Å²) < 4.78 is 0. The van der Waals surface area contributed by atoms with Crippen LogP contribution < -0.4 is 5.73 Å². The fourth-order valence-corrected chi connectivity index (χ4v) is 0.674. The Morgan fingerprint density at radius 3 is 2.73 bits per heavy atom. The quantitative estimate of drug-likeness (QED) is 0.593. The second kappa shape index (κ2) is 4.68. The molecule has 3 nitrogen and oxygen atoms in total. The molecule has 0 aliphatic rings. The first kappa shape index (κ1) is 9.91. The van der Waals surface area contributed by atoms with Crippen molar-refractivity contribution >= 4 is 5.97 Å². The lowest BCUT2D eigenvalue weighted by Gasteiger charge is -2.04. The summed E-state index contributed by atoms with van der Waals surface area (Å²) in [7, 11) is 0. The molecule has 0 heterocycles. The Kier molecular flexibility index (Phi) is 4.22. The van der Waals surface area contributed by atoms with Gasteiger partial charge in [-0.2, -0.15) is 0 Å². The fraction of sp³-hybridized carbons (Fsp3) is 0.375. The minimum Gasteiger partial charge on any atom is -0.480 e. The first-order chi connectivity index (χ1) is 5.07. The van der Waals surface area contributed by atoms with E-state index in [4.69, 9.17) is 10.8 Å². The summed E-state index contributed by atoms with van der Waals surface area (Å²) in [5.41, 5.74) is 5.99. The van der Waals surface area contributed by atoms with Crippen LogP contribution in [0.2, 0.25) is 0 Å². The van der Waals surface area contributed by atoms with E-state index in [2.05, 4.69) is 6.58 Å². The van der Waals surface area contributed by atoms with Gasteiger partial charge in [-0.15, -0.1) is 0 Å². The first-order valence-corrected chi connectivity index (χ1v) is 3.36. The van der Waals surface area contributed by atoms with E-state index in [1.807, 2.05) is 6.92 Å². The summed E-state index contributed by atoms with van der Waals surface area (Å²) in [5.74, 6) is -0.990. The van der Waals surface area contributed by atoms with Crippen molar-refractivity contribution in [1.29, 1.82) is 0 Å². The molecule has 3 heteroatoms. The van der Waals surface area contributed by atoms with E-state index < -0.39 is 12.0 Å². The molecule has 0 aromatic rings. The maximum atomic E-state index is 10.2. The summed E-state index contributed by atoms with van der Waals surface area (Å²) in [6.45, 7) is 5.48. The maximum absolute atomic E-state index is 10.2. The lowest BCUT2D eigenvalue weighted by atomic mass is 10.1. The third-order valence-corrected chi connectivity index (χ3v) is 1.20. The van der Waals surface area contributed by atoms with Gasteiger partial charge in [-0.1, -0.05) is 24.3 Å². The molecule has 0 aliphatic heterocycles. The molecule has 3 N–H and O–H groups in total. The van der Waals surface area contributed by atoms with Crippen LogP contribution in [0.5, 0.6) is 0 Å². The highest BCUT2D eigenvalue weighted by atomic mass is 16.4. The second-order valence-electron chi connectivity index (χ2n) is 2.31. The molecule has 62 valence electrons. The molecule has 0 spiro atoms. The molecule has 0 rings (SSSR count). The molecule has 0 saturated heterocycles. The maximum Gasteiger partial charge on any atom is 0.320 e. The number of carboxylic acid groups (broad SMARTS) is 1. The van der Waals surface area contributed by atoms with Gasteiger partial charge in [0.05, 0.1) is 0 Å². The molecule has 1 atom stereocenters. The number of carboxylic acids is 1. The Hall–Kier alpha value is -1.09. The number of carbonyl (C=O) groups is 1. The summed E-state index contributed by atoms with van der Waals surface area (Å²) in [4.78, 5) is 10.2. The number of nitrogens with two attached hydrogens (primary N) is 1. The van der Waals surface area contributed by atoms with Gasteiger partial charge >= 0.3 is 5.97 Å². The number of rotatable bonds is 4. The van der Waals surface area contributed by atoms with Crippen molar-refractivity contribution in [2.75, 3.05) is 0 Å². The molecule has 0 aliphatic carbocycles. The zero-order valence-electron chi connectivity index (χ0n) is 6.58. The Morgan fingerprint density at radius 1 is 1.82 bits per heavy atom. The van der Waals surface area contributed by atoms with Crippen LogP contribution in [0.1, 0.15) is 13.3 Å². The van der Waals surface area contributed by atoms with Gasteiger partial charge in [-0.25, -0.2) is 0 Å². The van der Waals surface area contributed by atoms with Gasteiger partial charge in [0.25, 0.3) is 0 Å². The third kappa shape index (κ3) is 4.33. The van der Waals surface area contributed by atoms with Crippen LogP contribution in [-0.2, 0) is 4.79 Å². The van der Waals surface area contributed by atoms with Crippen LogP contribution in [-0.4, -0.2) is 17.1 Å². The highest BCUT2D eigenvalue weighted by Crippen LogP contribution is 2.02. The molecule has 0 radical (unpaired) electrons. The Morgan fingerprint density at radius 2 is 2.36 bits per heavy atom. The van der Waals surface area contributed by atoms with Crippen molar-refractivity contribution in [1.82, 2.24) is 0 Å². The average molecular weight is 155 g/mol. The molecule has 0 aromatic carbocycles. The smallest absolute Gasteiger partial charge is 0.320 e. The zero-order valence-corrected chi connectivity index (χ0v) is 6.58. The molecule has 0 unspecified atom stereocenters. The third-order valence-electron chi connectivity index (χ3n) is 1.20. The average Bonchev–Trinajstić information content (AvgIpc) is 1.87. The first-order valence-electron chi connectivity index (χ1n) is 3.36. The van der Waals surface area contributed by atoms with Gasteiger partial charge in [0.15, 0.2) is 0 Å². The molecular weight excluding hydrogens is 142 g/mol. The molecular formula is C8H13NO2. The van der Waals surface area contributed by atoms with E-state index in [9.17, 15) is 4.79 Å². The summed E-state index contributed by atoms with van der Waals surface area (Å²) in [5, 5.41) is 8.41. The SMILES string of the molecule is C=C(/C=C\C)C[C@H](N)C(=O)O. The largest absolute Gasteiger partial charge is 0.480 e. The zero-order chi connectivity index (χ0) is 8.85. The number of allylic oxidation sites excluding steroid dienone is 2. The van der Waals surface area contributed by atoms with Gasteiger partial charge in [0.1, 0.15) is 6.04 Å². The minimum absolute atomic E-state index is 0.305. The van der Waals surface area contributed by atoms with Crippen molar-refractivity contribution in [3.05, 3.63) is 24.3 Å². The molecule has 0 amide bonds. The molecule has 0 bridgehead atoms. The molecule has 0 fully saturated rings. The lowest BCUT2D eigenvalue weighted by molar-refractivity contribution is -0.138. The van der Waals surface area contributed by atoms with E-state index in [0.717, 1.165) is 5.57 Å². The van der Waals surface area contributed by atoms with Gasteiger partial charge in [0, 0.05) is 0 Å². The van der Waals surface area contributed by atoms with Gasteiger partial charge in [-0.3, -0.25) is 4.79 Å². The highest BCUT2D eigenvalue weighted by Gasteiger charge is 2.10. The minimum atomic E-state index is -0.990. The van der Waals surface area contributed by atoms with E-state index >= 15 is 0 Å². The summed E-state index contributed by atoms with van der Waals surface area (Å²) >= 11 is 0. The molecule has 0 saturated carbocycles. The van der Waals surface area contributed by atoms with Crippen molar-refractivity contribution < 1.29 is 9.90 Å². The van der Waals surface area contributed by atoms with Crippen LogP contribution in [0.15, 0.2) is 24.3 Å². The van der Waals surface area contributed by atoms with Gasteiger partial charge in [0.2, 0.25) is 0 Å². The van der Waals surface area contributed by atoms with Crippen molar-refractivity contribution in [2.45, 2.75) is 19.4 Å². The van der Waals surface area contributed by atoms with Crippen LogP contribution in [0.4, 0.5) is 0 Å². The summed E-state index contributed by atoms with van der Waals surface area (Å²) in [6.07, 6.45) is 3.86.